The molecule has 2 aromatic rings. The largest absolute Gasteiger partial charge is 0.398 e. The Morgan fingerprint density at radius 3 is 2.85 bits per heavy atom. The zero-order chi connectivity index (χ0) is 14.3. The van der Waals surface area contributed by atoms with Gasteiger partial charge in [0.1, 0.15) is 0 Å². The van der Waals surface area contributed by atoms with Crippen LogP contribution in [-0.4, -0.2) is 12.5 Å². The van der Waals surface area contributed by atoms with Crippen LogP contribution in [0.2, 0.25) is 0 Å². The SMILES string of the molecule is Cc1cccc2c1N(C(=O)c1cc(N)c(C)s1)CCC2. The highest BCUT2D eigenvalue weighted by molar-refractivity contribution is 7.14. The first-order valence-corrected chi connectivity index (χ1v) is 7.66. The number of thiophene rings is 1. The number of nitrogen functional groups attached to an aromatic ring is 1. The number of nitrogens with two attached hydrogens (primary N) is 1. The Hall–Kier alpha value is -1.81. The number of hydrogen-bond acceptors (Lipinski definition) is 3. The summed E-state index contributed by atoms with van der Waals surface area (Å²) in [6.45, 7) is 4.80. The summed E-state index contributed by atoms with van der Waals surface area (Å²) in [4.78, 5) is 16.4. The van der Waals surface area contributed by atoms with E-state index in [0.29, 0.717) is 5.69 Å². The number of aryl methyl sites for hydroxylation is 3. The van der Waals surface area contributed by atoms with Crippen LogP contribution in [0.15, 0.2) is 24.3 Å². The maximum atomic E-state index is 12.8. The second-order valence-corrected chi connectivity index (χ2v) is 6.52. The van der Waals surface area contributed by atoms with Crippen molar-refractivity contribution in [1.29, 1.82) is 0 Å². The molecule has 3 rings (SSSR count). The van der Waals surface area contributed by atoms with Gasteiger partial charge in [-0.3, -0.25) is 4.79 Å². The normalized spacial score (nSPS) is 14.2. The van der Waals surface area contributed by atoms with E-state index in [9.17, 15) is 4.79 Å². The Morgan fingerprint density at radius 2 is 2.15 bits per heavy atom. The molecule has 1 aromatic heterocycles. The number of fused-ring (bicyclic) bond motifs is 1. The third-order valence-corrected chi connectivity index (χ3v) is 4.89. The Labute approximate surface area is 123 Å². The van der Waals surface area contributed by atoms with Gasteiger partial charge in [-0.2, -0.15) is 0 Å². The number of nitrogens with zero attached hydrogens (tertiary/aromatic N) is 1. The summed E-state index contributed by atoms with van der Waals surface area (Å²) in [7, 11) is 0. The molecule has 4 heteroatoms. The van der Waals surface area contributed by atoms with Gasteiger partial charge in [0.25, 0.3) is 5.91 Å². The molecule has 0 saturated heterocycles. The average molecular weight is 286 g/mol. The number of carbonyl (C=O) groups excluding carboxylic acids is 1. The monoisotopic (exact) mass is 286 g/mol. The van der Waals surface area contributed by atoms with E-state index < -0.39 is 0 Å². The molecule has 1 aliphatic heterocycles. The predicted molar refractivity (Wildman–Crippen MR) is 84.6 cm³/mol. The van der Waals surface area contributed by atoms with E-state index in [1.54, 1.807) is 6.07 Å². The fraction of sp³-hybridized carbons (Fsp3) is 0.312. The molecule has 0 saturated carbocycles. The maximum absolute atomic E-state index is 12.8. The topological polar surface area (TPSA) is 46.3 Å². The van der Waals surface area contributed by atoms with Crippen molar-refractivity contribution in [3.8, 4) is 0 Å². The molecule has 0 atom stereocenters. The lowest BCUT2D eigenvalue weighted by Crippen LogP contribution is -2.35. The van der Waals surface area contributed by atoms with Gasteiger partial charge in [0, 0.05) is 17.1 Å². The highest BCUT2D eigenvalue weighted by atomic mass is 32.1. The van der Waals surface area contributed by atoms with Gasteiger partial charge in [0.2, 0.25) is 0 Å². The van der Waals surface area contributed by atoms with Crippen molar-refractivity contribution >= 4 is 28.6 Å². The highest BCUT2D eigenvalue weighted by Gasteiger charge is 2.26. The molecular weight excluding hydrogens is 268 g/mol. The van der Waals surface area contributed by atoms with E-state index in [2.05, 4.69) is 25.1 Å². The molecule has 1 aliphatic rings. The zero-order valence-electron chi connectivity index (χ0n) is 11.8. The maximum Gasteiger partial charge on any atom is 0.268 e. The quantitative estimate of drug-likeness (QED) is 0.871. The van der Waals surface area contributed by atoms with Crippen molar-refractivity contribution in [2.24, 2.45) is 0 Å². The third-order valence-electron chi connectivity index (χ3n) is 3.83. The molecule has 0 unspecified atom stereocenters. The summed E-state index contributed by atoms with van der Waals surface area (Å²) in [5.41, 5.74) is 10.1. The molecule has 20 heavy (non-hydrogen) atoms. The second-order valence-electron chi connectivity index (χ2n) is 5.27. The number of amides is 1. The number of para-hydroxylation sites is 1. The van der Waals surface area contributed by atoms with Crippen LogP contribution in [0.3, 0.4) is 0 Å². The van der Waals surface area contributed by atoms with Crippen LogP contribution in [-0.2, 0) is 6.42 Å². The van der Waals surface area contributed by atoms with Crippen molar-refractivity contribution in [3.63, 3.8) is 0 Å². The second kappa shape index (κ2) is 4.94. The molecule has 1 amide bonds. The Kier molecular flexibility index (Phi) is 3.26. The van der Waals surface area contributed by atoms with Gasteiger partial charge in [-0.15, -0.1) is 11.3 Å². The highest BCUT2D eigenvalue weighted by Crippen LogP contribution is 2.33. The summed E-state index contributed by atoms with van der Waals surface area (Å²) >= 11 is 1.48. The lowest BCUT2D eigenvalue weighted by atomic mass is 9.98. The van der Waals surface area contributed by atoms with Crippen LogP contribution in [0, 0.1) is 13.8 Å². The van der Waals surface area contributed by atoms with Gasteiger partial charge >= 0.3 is 0 Å². The van der Waals surface area contributed by atoms with Gasteiger partial charge in [-0.05, 0) is 43.9 Å². The first-order valence-electron chi connectivity index (χ1n) is 6.84. The number of benzene rings is 1. The van der Waals surface area contributed by atoms with E-state index in [-0.39, 0.29) is 5.91 Å². The van der Waals surface area contributed by atoms with E-state index >= 15 is 0 Å². The minimum atomic E-state index is 0.0741. The fourth-order valence-corrected chi connectivity index (χ4v) is 3.67. The van der Waals surface area contributed by atoms with Crippen LogP contribution >= 0.6 is 11.3 Å². The Balaban J connectivity index is 2.02. The summed E-state index contributed by atoms with van der Waals surface area (Å²) < 4.78 is 0. The van der Waals surface area contributed by atoms with Crippen LogP contribution in [0.1, 0.15) is 32.1 Å². The summed E-state index contributed by atoms with van der Waals surface area (Å²) in [5, 5.41) is 0. The van der Waals surface area contributed by atoms with Gasteiger partial charge in [0.05, 0.1) is 10.6 Å². The zero-order valence-corrected chi connectivity index (χ0v) is 12.6. The molecule has 1 aromatic carbocycles. The Morgan fingerprint density at radius 1 is 1.35 bits per heavy atom. The number of carbonyl (C=O) groups is 1. The summed E-state index contributed by atoms with van der Waals surface area (Å²) in [6.07, 6.45) is 2.06. The fourth-order valence-electron chi connectivity index (χ4n) is 2.78. The van der Waals surface area contributed by atoms with Crippen molar-refractivity contribution in [3.05, 3.63) is 45.1 Å². The van der Waals surface area contributed by atoms with Crippen molar-refractivity contribution in [1.82, 2.24) is 0 Å². The Bertz CT molecular complexity index is 656. The molecule has 2 N–H and O–H groups in total. The molecule has 0 aliphatic carbocycles. The van der Waals surface area contributed by atoms with Crippen molar-refractivity contribution < 1.29 is 4.79 Å². The summed E-state index contributed by atoms with van der Waals surface area (Å²) in [6, 6.07) is 8.05. The first kappa shape index (κ1) is 13.2. The molecule has 2 heterocycles. The lowest BCUT2D eigenvalue weighted by molar-refractivity contribution is 0.0989. The van der Waals surface area contributed by atoms with E-state index in [4.69, 9.17) is 5.73 Å². The van der Waals surface area contributed by atoms with Gasteiger partial charge in [0.15, 0.2) is 0 Å². The molecule has 0 radical (unpaired) electrons. The van der Waals surface area contributed by atoms with Gasteiger partial charge in [-0.1, -0.05) is 18.2 Å². The van der Waals surface area contributed by atoms with Crippen LogP contribution in [0.25, 0.3) is 0 Å². The number of hydrogen-bond donors (Lipinski definition) is 1. The van der Waals surface area contributed by atoms with E-state index in [1.807, 2.05) is 11.8 Å². The first-order chi connectivity index (χ1) is 9.58. The molecular formula is C16H18N2OS. The number of rotatable bonds is 1. The molecule has 0 fully saturated rings. The van der Waals surface area contributed by atoms with Gasteiger partial charge in [-0.25, -0.2) is 0 Å². The lowest BCUT2D eigenvalue weighted by Gasteiger charge is -2.30. The van der Waals surface area contributed by atoms with Gasteiger partial charge < -0.3 is 10.6 Å². The van der Waals surface area contributed by atoms with Crippen LogP contribution < -0.4 is 10.6 Å². The average Bonchev–Trinajstić information content (AvgIpc) is 2.78. The van der Waals surface area contributed by atoms with E-state index in [0.717, 1.165) is 40.4 Å². The minimum absolute atomic E-state index is 0.0741. The number of anilines is 2. The van der Waals surface area contributed by atoms with E-state index in [1.165, 1.54) is 16.9 Å². The third kappa shape index (κ3) is 2.10. The standard InChI is InChI=1S/C16H18N2OS/c1-10-5-3-6-12-7-4-8-18(15(10)12)16(19)14-9-13(17)11(2)20-14/h3,5-6,9H,4,7-8,17H2,1-2H3. The molecule has 3 nitrogen and oxygen atoms in total. The van der Waals surface area contributed by atoms with Crippen molar-refractivity contribution in [2.45, 2.75) is 26.7 Å². The van der Waals surface area contributed by atoms with Crippen LogP contribution in [0.5, 0.6) is 0 Å². The molecule has 104 valence electrons. The van der Waals surface area contributed by atoms with Crippen LogP contribution in [0.4, 0.5) is 11.4 Å². The van der Waals surface area contributed by atoms with Crippen molar-refractivity contribution in [2.75, 3.05) is 17.2 Å². The smallest absolute Gasteiger partial charge is 0.268 e. The summed E-state index contributed by atoms with van der Waals surface area (Å²) in [5.74, 6) is 0.0741. The molecule has 0 spiro atoms. The minimum Gasteiger partial charge on any atom is -0.398 e. The molecule has 0 bridgehead atoms. The predicted octanol–water partition coefficient (Wildman–Crippen LogP) is 3.54.